The zero-order valence-corrected chi connectivity index (χ0v) is 51.1. The Balaban J connectivity index is 4.46. The summed E-state index contributed by atoms with van der Waals surface area (Å²) in [7, 11) is 0. The third-order valence-corrected chi connectivity index (χ3v) is 13.4. The molecule has 0 heterocycles. The van der Waals surface area contributed by atoms with Crippen LogP contribution >= 0.6 is 0 Å². The summed E-state index contributed by atoms with van der Waals surface area (Å²) in [5.41, 5.74) is 0. The van der Waals surface area contributed by atoms with Crippen LogP contribution in [0.4, 0.5) is 0 Å². The minimum Gasteiger partial charge on any atom is -0.462 e. The lowest BCUT2D eigenvalue weighted by molar-refractivity contribution is -0.166. The highest BCUT2D eigenvalue weighted by Crippen LogP contribution is 2.16. The Morgan fingerprint density at radius 2 is 0.519 bits per heavy atom. The van der Waals surface area contributed by atoms with Gasteiger partial charge in [-0.25, -0.2) is 0 Å². The van der Waals surface area contributed by atoms with E-state index in [2.05, 4.69) is 154 Å². The average molecular weight is 1090 g/mol. The lowest BCUT2D eigenvalue weighted by Crippen LogP contribution is -2.30. The van der Waals surface area contributed by atoms with E-state index in [1.165, 1.54) is 116 Å². The fraction of sp³-hybridized carbons (Fsp3) is 0.630. The summed E-state index contributed by atoms with van der Waals surface area (Å²) in [6, 6.07) is 0. The highest BCUT2D eigenvalue weighted by molar-refractivity contribution is 5.71. The second-order valence-electron chi connectivity index (χ2n) is 20.9. The number of esters is 3. The number of ether oxygens (including phenoxy) is 3. The molecule has 0 fully saturated rings. The molecule has 0 aliphatic heterocycles. The average Bonchev–Trinajstić information content (AvgIpc) is 3.45. The smallest absolute Gasteiger partial charge is 0.306 e. The maximum absolute atomic E-state index is 12.9. The van der Waals surface area contributed by atoms with Crippen molar-refractivity contribution in [3.8, 4) is 0 Å². The van der Waals surface area contributed by atoms with E-state index in [1.807, 2.05) is 12.2 Å². The molecule has 1 atom stereocenters. The third kappa shape index (κ3) is 64.0. The summed E-state index contributed by atoms with van der Waals surface area (Å²) in [4.78, 5) is 38.2. The van der Waals surface area contributed by atoms with E-state index in [0.29, 0.717) is 19.3 Å². The van der Waals surface area contributed by atoms with Crippen LogP contribution in [-0.4, -0.2) is 37.2 Å². The van der Waals surface area contributed by atoms with E-state index in [1.54, 1.807) is 0 Å². The number of allylic oxidation sites excluding steroid dienone is 24. The Morgan fingerprint density at radius 3 is 0.848 bits per heavy atom. The van der Waals surface area contributed by atoms with Gasteiger partial charge in [0, 0.05) is 19.3 Å². The van der Waals surface area contributed by atoms with Crippen LogP contribution in [0.5, 0.6) is 0 Å². The van der Waals surface area contributed by atoms with Gasteiger partial charge >= 0.3 is 17.9 Å². The molecule has 0 bridgehead atoms. The lowest BCUT2D eigenvalue weighted by atomic mass is 10.0. The summed E-state index contributed by atoms with van der Waals surface area (Å²) in [5.74, 6) is -1.05. The predicted molar refractivity (Wildman–Crippen MR) is 343 cm³/mol. The normalized spacial score (nSPS) is 13.1. The Morgan fingerprint density at radius 1 is 0.266 bits per heavy atom. The second kappa shape index (κ2) is 65.8. The van der Waals surface area contributed by atoms with Crippen LogP contribution in [0.1, 0.15) is 278 Å². The van der Waals surface area contributed by atoms with Crippen LogP contribution < -0.4 is 0 Å². The molecule has 0 aliphatic rings. The van der Waals surface area contributed by atoms with Crippen molar-refractivity contribution in [1.29, 1.82) is 0 Å². The first-order chi connectivity index (χ1) is 39.0. The maximum atomic E-state index is 12.9. The molecule has 6 nitrogen and oxygen atoms in total. The summed E-state index contributed by atoms with van der Waals surface area (Å²) in [6.45, 7) is 6.32. The molecule has 0 saturated heterocycles. The minimum atomic E-state index is -0.830. The minimum absolute atomic E-state index is 0.126. The molecule has 0 aromatic carbocycles. The van der Waals surface area contributed by atoms with Crippen molar-refractivity contribution >= 4 is 17.9 Å². The van der Waals surface area contributed by atoms with E-state index in [9.17, 15) is 14.4 Å². The lowest BCUT2D eigenvalue weighted by Gasteiger charge is -2.18. The van der Waals surface area contributed by atoms with E-state index in [4.69, 9.17) is 14.2 Å². The number of hydrogen-bond donors (Lipinski definition) is 0. The molecule has 0 aliphatic carbocycles. The van der Waals surface area contributed by atoms with Gasteiger partial charge in [0.05, 0.1) is 0 Å². The molecule has 0 amide bonds. The molecular formula is C73H118O6. The van der Waals surface area contributed by atoms with Crippen LogP contribution in [0.2, 0.25) is 0 Å². The SMILES string of the molecule is CC/C=C\C/C=C\C/C=C\C/C=C\C/C=C\C/C=C\C/C=C\C/C=C\CCCCC(=O)OCC(COC(=O)CC/C=C\C/C=C\C/C=C\C/C=C\CC)OC(=O)CCCCCCCCCCCCCCCCCCCCCCC. The number of carbonyl (C=O) groups excluding carboxylic acids is 3. The number of unbranched alkanes of at least 4 members (excludes halogenated alkanes) is 22. The molecule has 0 N–H and O–H groups in total. The first-order valence-electron chi connectivity index (χ1n) is 32.3. The molecule has 6 heteroatoms. The first kappa shape index (κ1) is 74.3. The van der Waals surface area contributed by atoms with Gasteiger partial charge in [-0.05, 0) is 109 Å². The molecule has 79 heavy (non-hydrogen) atoms. The topological polar surface area (TPSA) is 78.9 Å². The Bertz CT molecular complexity index is 1730. The molecule has 1 unspecified atom stereocenters. The largest absolute Gasteiger partial charge is 0.462 e. The van der Waals surface area contributed by atoms with Gasteiger partial charge in [0.15, 0.2) is 6.10 Å². The highest BCUT2D eigenvalue weighted by atomic mass is 16.6. The molecule has 446 valence electrons. The molecule has 0 radical (unpaired) electrons. The quantitative estimate of drug-likeness (QED) is 0.0261. The van der Waals surface area contributed by atoms with Crippen molar-refractivity contribution in [2.24, 2.45) is 0 Å². The Kier molecular flexibility index (Phi) is 61.9. The predicted octanol–water partition coefficient (Wildman–Crippen LogP) is 22.3. The molecule has 0 aromatic heterocycles. The fourth-order valence-corrected chi connectivity index (χ4v) is 8.59. The van der Waals surface area contributed by atoms with Gasteiger partial charge in [-0.3, -0.25) is 14.4 Å². The molecular weight excluding hydrogens is 973 g/mol. The summed E-state index contributed by atoms with van der Waals surface area (Å²) in [5, 5.41) is 0. The highest BCUT2D eigenvalue weighted by Gasteiger charge is 2.19. The van der Waals surface area contributed by atoms with Crippen molar-refractivity contribution in [3.63, 3.8) is 0 Å². The van der Waals surface area contributed by atoms with Crippen molar-refractivity contribution in [3.05, 3.63) is 146 Å². The van der Waals surface area contributed by atoms with Gasteiger partial charge in [0.25, 0.3) is 0 Å². The van der Waals surface area contributed by atoms with Gasteiger partial charge in [-0.1, -0.05) is 295 Å². The summed E-state index contributed by atoms with van der Waals surface area (Å²) in [6.07, 6.45) is 94.5. The molecule has 0 rings (SSSR count). The standard InChI is InChI=1S/C73H118O6/c1-4-7-10-13-16-19-22-25-27-29-31-33-34-35-36-37-38-40-41-43-45-48-51-54-57-60-63-66-72(75)78-69-70(68-77-71(74)65-62-59-56-53-50-47-24-21-18-15-12-9-6-3)79-73(76)67-64-61-58-55-52-49-46-44-42-39-32-30-28-26-23-20-17-14-11-8-5-2/h7,9-10,12,16,18-19,21,25,27,31,33,35-36,38,40,43,45,47,50-51,54,56,59,70H,4-6,8,11,13-15,17,20,22-24,26,28-30,32,34,37,39,41-42,44,46,48-49,52-53,55,57-58,60-69H2,1-3H3/b10-7-,12-9-,19-16-,21-18-,27-25-,33-31-,36-35-,40-38-,45-43-,50-47-,54-51-,59-56-. The van der Waals surface area contributed by atoms with Crippen molar-refractivity contribution < 1.29 is 28.6 Å². The zero-order valence-electron chi connectivity index (χ0n) is 51.1. The van der Waals surface area contributed by atoms with Crippen LogP contribution in [0.25, 0.3) is 0 Å². The van der Waals surface area contributed by atoms with Crippen molar-refractivity contribution in [2.75, 3.05) is 13.2 Å². The monoisotopic (exact) mass is 1090 g/mol. The van der Waals surface area contributed by atoms with E-state index < -0.39 is 6.10 Å². The van der Waals surface area contributed by atoms with Gasteiger partial charge < -0.3 is 14.2 Å². The van der Waals surface area contributed by atoms with E-state index in [-0.39, 0.29) is 44.0 Å². The zero-order chi connectivity index (χ0) is 57.1. The summed E-state index contributed by atoms with van der Waals surface area (Å²) >= 11 is 0. The van der Waals surface area contributed by atoms with Crippen LogP contribution in [0, 0.1) is 0 Å². The third-order valence-electron chi connectivity index (χ3n) is 13.4. The molecule has 0 saturated carbocycles. The number of carbonyl (C=O) groups is 3. The van der Waals surface area contributed by atoms with Gasteiger partial charge in [-0.2, -0.15) is 0 Å². The molecule has 0 aromatic rings. The van der Waals surface area contributed by atoms with Gasteiger partial charge in [-0.15, -0.1) is 0 Å². The van der Waals surface area contributed by atoms with Crippen LogP contribution in [-0.2, 0) is 28.6 Å². The van der Waals surface area contributed by atoms with Gasteiger partial charge in [0.1, 0.15) is 13.2 Å². The Hall–Kier alpha value is -4.71. The maximum Gasteiger partial charge on any atom is 0.306 e. The second-order valence-corrected chi connectivity index (χ2v) is 20.9. The Labute approximate surface area is 487 Å². The fourth-order valence-electron chi connectivity index (χ4n) is 8.59. The van der Waals surface area contributed by atoms with Crippen molar-refractivity contribution in [2.45, 2.75) is 284 Å². The molecule has 0 spiro atoms. The van der Waals surface area contributed by atoms with Crippen molar-refractivity contribution in [1.82, 2.24) is 0 Å². The van der Waals surface area contributed by atoms with Gasteiger partial charge in [0.2, 0.25) is 0 Å². The first-order valence-corrected chi connectivity index (χ1v) is 32.3. The summed E-state index contributed by atoms with van der Waals surface area (Å²) < 4.78 is 16.8. The van der Waals surface area contributed by atoms with E-state index >= 15 is 0 Å². The van der Waals surface area contributed by atoms with Crippen LogP contribution in [0.15, 0.2) is 146 Å². The number of rotatable bonds is 57. The van der Waals surface area contributed by atoms with Crippen LogP contribution in [0.3, 0.4) is 0 Å². The van der Waals surface area contributed by atoms with E-state index in [0.717, 1.165) is 109 Å². The number of hydrogen-bond acceptors (Lipinski definition) is 6.